The van der Waals surface area contributed by atoms with E-state index in [1.807, 2.05) is 0 Å². The quantitative estimate of drug-likeness (QED) is 0.165. The summed E-state index contributed by atoms with van der Waals surface area (Å²) in [7, 11) is 0. The van der Waals surface area contributed by atoms with Gasteiger partial charge in [-0.3, -0.25) is 0 Å². The first kappa shape index (κ1) is 38.2. The predicted molar refractivity (Wildman–Crippen MR) is 296 cm³/mol. The molecule has 4 bridgehead atoms. The molecule has 9 aliphatic rings. The highest BCUT2D eigenvalue weighted by molar-refractivity contribution is 7.00. The molecule has 7 aliphatic carbocycles. The summed E-state index contributed by atoms with van der Waals surface area (Å²) in [5, 5.41) is 1.11. The summed E-state index contributed by atoms with van der Waals surface area (Å²) in [6.45, 7) is 26.0. The van der Waals surface area contributed by atoms with Crippen LogP contribution in [0.3, 0.4) is 0 Å². The van der Waals surface area contributed by atoms with Gasteiger partial charge in [-0.05, 0) is 218 Å². The van der Waals surface area contributed by atoms with Crippen LogP contribution in [0.1, 0.15) is 186 Å². The predicted octanol–water partition coefficient (Wildman–Crippen LogP) is 16.0. The Labute approximate surface area is 425 Å². The molecule has 0 unspecified atom stereocenters. The van der Waals surface area contributed by atoms with E-state index in [0.717, 1.165) is 81.9 Å². The van der Waals surface area contributed by atoms with Crippen molar-refractivity contribution in [2.45, 2.75) is 178 Å². The SMILES string of the molecule is [2H]c1c([2H])c([2H])c(-c2cc3c4c(c2)N(c2ccc5c(c2)C(C)(C)CCC5(C)C)c2c(oc5cc6c(cc25)C2(C)CCC6(C)CC2)B4c2cc4c(cc2N3c2ccc(C(C)(C)C)cc2)C2(C)CCC4(C)CC2)c([2H])c1[2H]. The van der Waals surface area contributed by atoms with Crippen molar-refractivity contribution in [2.24, 2.45) is 0 Å². The number of furan rings is 1. The lowest BCUT2D eigenvalue weighted by atomic mass is 9.34. The van der Waals surface area contributed by atoms with Crippen LogP contribution in [0.5, 0.6) is 0 Å². The molecule has 4 heteroatoms. The topological polar surface area (TPSA) is 19.6 Å². The first-order valence-corrected chi connectivity index (χ1v) is 26.7. The number of rotatable bonds is 3. The fourth-order valence-corrected chi connectivity index (χ4v) is 15.3. The van der Waals surface area contributed by atoms with Gasteiger partial charge in [0.25, 0.3) is 6.71 Å². The number of benzene rings is 6. The zero-order valence-electron chi connectivity index (χ0n) is 48.5. The van der Waals surface area contributed by atoms with Gasteiger partial charge in [-0.15, -0.1) is 0 Å². The molecule has 2 fully saturated rings. The summed E-state index contributed by atoms with van der Waals surface area (Å²) < 4.78 is 53.6. The van der Waals surface area contributed by atoms with Crippen LogP contribution in [0.25, 0.3) is 22.1 Å². The standard InChI is InChI=1S/C66H71BN2O/c1-60(2,3)42-17-19-43(20-18-42)68-53-38-50-49(64(9)27-29-65(50,10)30-28-64)37-52(53)67-57-54(68)33-41(40-15-13-12-14-16-40)34-55(57)69(44-21-22-46-47(35-44)62(6,7)24-23-61(46,4)5)58-45-36-48-51(39-56(45)70-59(58)67)66(11)31-25-63(48,8)26-32-66/h12-22,33-39H,23-32H2,1-11H3/i12D,13D,14D,15D,16D. The fraction of sp³-hybridized carbons (Fsp3) is 0.424. The molecule has 0 atom stereocenters. The number of anilines is 6. The van der Waals surface area contributed by atoms with Gasteiger partial charge in [-0.2, -0.15) is 0 Å². The maximum atomic E-state index is 9.55. The normalized spacial score (nSPS) is 28.2. The van der Waals surface area contributed by atoms with Crippen LogP contribution in [0.15, 0.2) is 113 Å². The summed E-state index contributed by atoms with van der Waals surface area (Å²) in [6, 6.07) is 29.2. The Kier molecular flexibility index (Phi) is 7.50. The Morgan fingerprint density at radius 2 is 1.03 bits per heavy atom. The van der Waals surface area contributed by atoms with Crippen LogP contribution in [-0.4, -0.2) is 6.71 Å². The van der Waals surface area contributed by atoms with Gasteiger partial charge in [0, 0.05) is 33.8 Å². The van der Waals surface area contributed by atoms with Gasteiger partial charge in [0.2, 0.25) is 0 Å². The Morgan fingerprint density at radius 1 is 0.500 bits per heavy atom. The average molecular weight is 924 g/mol. The van der Waals surface area contributed by atoms with Gasteiger partial charge in [0.05, 0.1) is 18.2 Å². The van der Waals surface area contributed by atoms with Gasteiger partial charge < -0.3 is 14.2 Å². The third-order valence-corrected chi connectivity index (χ3v) is 20.3. The van der Waals surface area contributed by atoms with E-state index in [9.17, 15) is 2.74 Å². The Hall–Kier alpha value is -5.48. The first-order chi connectivity index (χ1) is 35.3. The molecule has 0 saturated heterocycles. The minimum absolute atomic E-state index is 0.00687. The zero-order chi connectivity index (χ0) is 52.6. The van der Waals surface area contributed by atoms with Gasteiger partial charge in [-0.1, -0.05) is 131 Å². The molecule has 3 heterocycles. The monoisotopic (exact) mass is 924 g/mol. The zero-order valence-corrected chi connectivity index (χ0v) is 43.5. The van der Waals surface area contributed by atoms with E-state index in [1.165, 1.54) is 82.9 Å². The van der Waals surface area contributed by atoms with Crippen molar-refractivity contribution < 1.29 is 11.3 Å². The molecule has 2 aliphatic heterocycles. The summed E-state index contributed by atoms with van der Waals surface area (Å²) in [4.78, 5) is 4.92. The average Bonchev–Trinajstić information content (AvgIpc) is 3.90. The Balaban J connectivity index is 1.15. The van der Waals surface area contributed by atoms with Gasteiger partial charge in [-0.25, -0.2) is 0 Å². The first-order valence-electron chi connectivity index (χ1n) is 29.2. The lowest BCUT2D eigenvalue weighted by Crippen LogP contribution is -2.61. The van der Waals surface area contributed by atoms with Crippen LogP contribution in [-0.2, 0) is 37.9 Å². The summed E-state index contributed by atoms with van der Waals surface area (Å²) in [5.74, 6) is 0. The van der Waals surface area contributed by atoms with E-state index in [0.29, 0.717) is 5.56 Å². The molecule has 0 radical (unpaired) electrons. The van der Waals surface area contributed by atoms with Crippen molar-refractivity contribution in [3.05, 3.63) is 148 Å². The lowest BCUT2D eigenvalue weighted by Gasteiger charge is -2.53. The second-order valence-electron chi connectivity index (χ2n) is 26.7. The second-order valence-corrected chi connectivity index (χ2v) is 26.7. The van der Waals surface area contributed by atoms with Crippen LogP contribution in [0.2, 0.25) is 0 Å². The number of nitrogens with zero attached hydrogens (tertiary/aromatic N) is 2. The van der Waals surface area contributed by atoms with Crippen LogP contribution < -0.4 is 26.4 Å². The highest BCUT2D eigenvalue weighted by Gasteiger charge is 2.54. The third kappa shape index (κ3) is 5.77. The van der Waals surface area contributed by atoms with Gasteiger partial charge >= 0.3 is 0 Å². The summed E-state index contributed by atoms with van der Waals surface area (Å²) in [5.41, 5.74) is 21.0. The molecule has 6 aromatic carbocycles. The van der Waals surface area contributed by atoms with Crippen molar-refractivity contribution in [3.63, 3.8) is 0 Å². The Morgan fingerprint density at radius 3 is 1.63 bits per heavy atom. The van der Waals surface area contributed by atoms with Crippen molar-refractivity contribution in [1.82, 2.24) is 0 Å². The summed E-state index contributed by atoms with van der Waals surface area (Å²) in [6.07, 6.45) is 11.5. The van der Waals surface area contributed by atoms with Gasteiger partial charge in [0.1, 0.15) is 5.58 Å². The van der Waals surface area contributed by atoms with Crippen molar-refractivity contribution in [3.8, 4) is 11.1 Å². The molecule has 1 aromatic heterocycles. The van der Waals surface area contributed by atoms with E-state index in [4.69, 9.17) is 8.53 Å². The third-order valence-electron chi connectivity index (χ3n) is 20.3. The number of fused-ring (bicyclic) bond motifs is 11. The minimum Gasteiger partial charge on any atom is -0.468 e. The van der Waals surface area contributed by atoms with Crippen LogP contribution in [0.4, 0.5) is 34.1 Å². The smallest absolute Gasteiger partial charge is 0.297 e. The van der Waals surface area contributed by atoms with E-state index in [-0.39, 0.29) is 80.4 Å². The van der Waals surface area contributed by atoms with Crippen molar-refractivity contribution in [2.75, 3.05) is 9.80 Å². The molecule has 2 saturated carbocycles. The highest BCUT2D eigenvalue weighted by atomic mass is 16.3. The maximum Gasteiger partial charge on any atom is 0.297 e. The molecule has 0 N–H and O–H groups in total. The molecular weight excluding hydrogens is 848 g/mol. The van der Waals surface area contributed by atoms with Crippen molar-refractivity contribution >= 4 is 68.4 Å². The minimum atomic E-state index is -0.390. The number of hydrogen-bond acceptors (Lipinski definition) is 3. The molecule has 70 heavy (non-hydrogen) atoms. The molecule has 354 valence electrons. The Bertz CT molecular complexity index is 3660. The van der Waals surface area contributed by atoms with Crippen LogP contribution in [0, 0.1) is 0 Å². The van der Waals surface area contributed by atoms with E-state index >= 15 is 0 Å². The van der Waals surface area contributed by atoms with E-state index in [1.54, 1.807) is 0 Å². The molecule has 3 nitrogen and oxygen atoms in total. The van der Waals surface area contributed by atoms with Gasteiger partial charge in [0.15, 0.2) is 0 Å². The number of hydrogen-bond donors (Lipinski definition) is 0. The molecule has 0 amide bonds. The van der Waals surface area contributed by atoms with E-state index in [2.05, 4.69) is 165 Å². The molecular formula is C66H71BN2O. The largest absolute Gasteiger partial charge is 0.468 e. The molecule has 16 rings (SSSR count). The lowest BCUT2D eigenvalue weighted by molar-refractivity contribution is 0.188. The fourth-order valence-electron chi connectivity index (χ4n) is 15.3. The maximum absolute atomic E-state index is 9.55. The molecule has 7 aromatic rings. The van der Waals surface area contributed by atoms with Crippen LogP contribution >= 0.6 is 0 Å². The van der Waals surface area contributed by atoms with E-state index < -0.39 is 0 Å². The second kappa shape index (κ2) is 13.7. The van der Waals surface area contributed by atoms with Crippen molar-refractivity contribution in [1.29, 1.82) is 0 Å². The molecule has 0 spiro atoms. The highest BCUT2D eigenvalue weighted by Crippen LogP contribution is 2.60. The summed E-state index contributed by atoms with van der Waals surface area (Å²) >= 11 is 0.